The summed E-state index contributed by atoms with van der Waals surface area (Å²) in [5, 5.41) is 2.63. The highest BCUT2D eigenvalue weighted by Gasteiger charge is 2.07. The summed E-state index contributed by atoms with van der Waals surface area (Å²) in [7, 11) is 0. The molecule has 0 unspecified atom stereocenters. The number of esters is 2. The highest BCUT2D eigenvalue weighted by atomic mass is 16.5. The van der Waals surface area contributed by atoms with Gasteiger partial charge in [-0.2, -0.15) is 0 Å². The maximum absolute atomic E-state index is 11.4. The quantitative estimate of drug-likeness (QED) is 0.397. The van der Waals surface area contributed by atoms with Gasteiger partial charge in [-0.3, -0.25) is 9.59 Å². The molecule has 1 amide bonds. The summed E-state index contributed by atoms with van der Waals surface area (Å²) in [6.45, 7) is 7.83. The number of hydrogen-bond acceptors (Lipinski definition) is 5. The van der Waals surface area contributed by atoms with Crippen molar-refractivity contribution in [2.45, 2.75) is 46.6 Å². The Morgan fingerprint density at radius 3 is 2.29 bits per heavy atom. The van der Waals surface area contributed by atoms with Crippen LogP contribution in [0.25, 0.3) is 0 Å². The molecule has 0 saturated carbocycles. The molecule has 0 aliphatic rings. The molecule has 6 heteroatoms. The molecule has 1 N–H and O–H groups in total. The Morgan fingerprint density at radius 1 is 1.05 bits per heavy atom. The SMILES string of the molecule is CC(C)OC(=O)/C=C/C(=O)NCCCCOC(=O)C(C)C. The Bertz CT molecular complexity index is 374. The second-order valence-electron chi connectivity index (χ2n) is 5.14. The monoisotopic (exact) mass is 299 g/mol. The molecule has 0 bridgehead atoms. The standard InChI is InChI=1S/C15H25NO5/c1-11(2)15(19)20-10-6-5-9-16-13(17)7-8-14(18)21-12(3)4/h7-8,11-12H,5-6,9-10H2,1-4H3,(H,16,17)/b8-7+. The lowest BCUT2D eigenvalue weighted by Gasteiger charge is -2.07. The third kappa shape index (κ3) is 11.7. The van der Waals surface area contributed by atoms with Crippen LogP contribution >= 0.6 is 0 Å². The normalized spacial score (nSPS) is 11.0. The van der Waals surface area contributed by atoms with Gasteiger partial charge in [0.2, 0.25) is 5.91 Å². The van der Waals surface area contributed by atoms with Crippen molar-refractivity contribution in [3.05, 3.63) is 12.2 Å². The van der Waals surface area contributed by atoms with E-state index in [4.69, 9.17) is 9.47 Å². The summed E-state index contributed by atoms with van der Waals surface area (Å²) in [5.74, 6) is -1.23. The summed E-state index contributed by atoms with van der Waals surface area (Å²) in [5.41, 5.74) is 0. The van der Waals surface area contributed by atoms with Gasteiger partial charge >= 0.3 is 11.9 Å². The van der Waals surface area contributed by atoms with E-state index in [1.54, 1.807) is 27.7 Å². The van der Waals surface area contributed by atoms with Gasteiger partial charge in [-0.25, -0.2) is 4.79 Å². The van der Waals surface area contributed by atoms with Crippen molar-refractivity contribution >= 4 is 17.8 Å². The Kier molecular flexibility index (Phi) is 9.92. The first-order valence-corrected chi connectivity index (χ1v) is 7.16. The van der Waals surface area contributed by atoms with Gasteiger partial charge in [-0.15, -0.1) is 0 Å². The first kappa shape index (κ1) is 19.1. The fourth-order valence-corrected chi connectivity index (χ4v) is 1.25. The number of amides is 1. The Labute approximate surface area is 125 Å². The number of unbranched alkanes of at least 4 members (excludes halogenated alkanes) is 1. The van der Waals surface area contributed by atoms with Crippen molar-refractivity contribution in [3.63, 3.8) is 0 Å². The highest BCUT2D eigenvalue weighted by Crippen LogP contribution is 1.97. The summed E-state index contributed by atoms with van der Waals surface area (Å²) in [6.07, 6.45) is 3.40. The van der Waals surface area contributed by atoms with Gasteiger partial charge in [0.15, 0.2) is 0 Å². The Morgan fingerprint density at radius 2 is 1.71 bits per heavy atom. The minimum absolute atomic E-state index is 0.125. The van der Waals surface area contributed by atoms with Crippen LogP contribution < -0.4 is 5.32 Å². The maximum atomic E-state index is 11.4. The minimum Gasteiger partial charge on any atom is -0.465 e. The van der Waals surface area contributed by atoms with Gasteiger partial charge in [0, 0.05) is 18.7 Å². The van der Waals surface area contributed by atoms with E-state index >= 15 is 0 Å². The molecule has 6 nitrogen and oxygen atoms in total. The summed E-state index contributed by atoms with van der Waals surface area (Å²) >= 11 is 0. The first-order valence-electron chi connectivity index (χ1n) is 7.16. The van der Waals surface area contributed by atoms with E-state index in [9.17, 15) is 14.4 Å². The number of rotatable bonds is 9. The van der Waals surface area contributed by atoms with E-state index in [1.807, 2.05) is 0 Å². The number of ether oxygens (including phenoxy) is 2. The largest absolute Gasteiger partial charge is 0.465 e. The third-order valence-corrected chi connectivity index (χ3v) is 2.31. The predicted molar refractivity (Wildman–Crippen MR) is 78.4 cm³/mol. The van der Waals surface area contributed by atoms with Crippen molar-refractivity contribution in [2.75, 3.05) is 13.2 Å². The third-order valence-electron chi connectivity index (χ3n) is 2.31. The molecule has 120 valence electrons. The number of carbonyl (C=O) groups is 3. The minimum atomic E-state index is -0.541. The average Bonchev–Trinajstić information content (AvgIpc) is 2.39. The molecule has 0 aromatic carbocycles. The van der Waals surface area contributed by atoms with Gasteiger partial charge in [0.1, 0.15) is 0 Å². The molecular formula is C15H25NO5. The second kappa shape index (κ2) is 10.9. The molecule has 0 rings (SSSR count). The van der Waals surface area contributed by atoms with Crippen molar-refractivity contribution in [2.24, 2.45) is 5.92 Å². The van der Waals surface area contributed by atoms with Crippen molar-refractivity contribution < 1.29 is 23.9 Å². The van der Waals surface area contributed by atoms with Crippen LogP contribution in [0.3, 0.4) is 0 Å². The number of hydrogen-bond donors (Lipinski definition) is 1. The smallest absolute Gasteiger partial charge is 0.331 e. The molecule has 0 saturated heterocycles. The fraction of sp³-hybridized carbons (Fsp3) is 0.667. The topological polar surface area (TPSA) is 81.7 Å². The van der Waals surface area contributed by atoms with E-state index in [-0.39, 0.29) is 23.9 Å². The van der Waals surface area contributed by atoms with Crippen LogP contribution in [0.2, 0.25) is 0 Å². The van der Waals surface area contributed by atoms with E-state index in [2.05, 4.69) is 5.32 Å². The Balaban J connectivity index is 3.65. The molecule has 0 atom stereocenters. The number of nitrogens with one attached hydrogen (secondary N) is 1. The van der Waals surface area contributed by atoms with Crippen LogP contribution in [0.15, 0.2) is 12.2 Å². The molecule has 0 aromatic rings. The van der Waals surface area contributed by atoms with Crippen LogP contribution in [-0.4, -0.2) is 37.1 Å². The summed E-state index contributed by atoms with van der Waals surface area (Å²) in [4.78, 5) is 33.7. The van der Waals surface area contributed by atoms with Gasteiger partial charge in [-0.1, -0.05) is 13.8 Å². The Hall–Kier alpha value is -1.85. The molecule has 0 aromatic heterocycles. The molecule has 0 fully saturated rings. The summed E-state index contributed by atoms with van der Waals surface area (Å²) < 4.78 is 9.85. The molecule has 0 spiro atoms. The van der Waals surface area contributed by atoms with Crippen LogP contribution in [0, 0.1) is 5.92 Å². The zero-order valence-corrected chi connectivity index (χ0v) is 13.2. The average molecular weight is 299 g/mol. The molecule has 0 heterocycles. The molecule has 0 radical (unpaired) electrons. The summed E-state index contributed by atoms with van der Waals surface area (Å²) in [6, 6.07) is 0. The van der Waals surface area contributed by atoms with E-state index in [0.717, 1.165) is 12.2 Å². The van der Waals surface area contributed by atoms with Gasteiger partial charge < -0.3 is 14.8 Å². The predicted octanol–water partition coefficient (Wildman–Crippen LogP) is 1.59. The maximum Gasteiger partial charge on any atom is 0.331 e. The lowest BCUT2D eigenvalue weighted by atomic mass is 10.2. The van der Waals surface area contributed by atoms with Crippen molar-refractivity contribution in [1.29, 1.82) is 0 Å². The molecular weight excluding hydrogens is 274 g/mol. The van der Waals surface area contributed by atoms with Crippen LogP contribution in [0.1, 0.15) is 40.5 Å². The van der Waals surface area contributed by atoms with Gasteiger partial charge in [0.25, 0.3) is 0 Å². The number of carbonyl (C=O) groups excluding carboxylic acids is 3. The highest BCUT2D eigenvalue weighted by molar-refractivity contribution is 5.94. The molecule has 0 aliphatic carbocycles. The fourth-order valence-electron chi connectivity index (χ4n) is 1.25. The van der Waals surface area contributed by atoms with Crippen LogP contribution in [0.4, 0.5) is 0 Å². The van der Waals surface area contributed by atoms with Gasteiger partial charge in [0.05, 0.1) is 18.6 Å². The van der Waals surface area contributed by atoms with Crippen LogP contribution in [0.5, 0.6) is 0 Å². The lowest BCUT2D eigenvalue weighted by molar-refractivity contribution is -0.147. The van der Waals surface area contributed by atoms with E-state index in [1.165, 1.54) is 0 Å². The van der Waals surface area contributed by atoms with Crippen LogP contribution in [-0.2, 0) is 23.9 Å². The second-order valence-corrected chi connectivity index (χ2v) is 5.14. The lowest BCUT2D eigenvalue weighted by Crippen LogP contribution is -2.23. The first-order chi connectivity index (χ1) is 9.82. The van der Waals surface area contributed by atoms with Gasteiger partial charge in [-0.05, 0) is 26.7 Å². The molecule has 21 heavy (non-hydrogen) atoms. The molecule has 0 aliphatic heterocycles. The van der Waals surface area contributed by atoms with Crippen molar-refractivity contribution in [1.82, 2.24) is 5.32 Å². The zero-order valence-electron chi connectivity index (χ0n) is 13.2. The van der Waals surface area contributed by atoms with E-state index in [0.29, 0.717) is 26.0 Å². The van der Waals surface area contributed by atoms with E-state index < -0.39 is 5.97 Å². The zero-order chi connectivity index (χ0) is 16.3. The van der Waals surface area contributed by atoms with Crippen molar-refractivity contribution in [3.8, 4) is 0 Å².